The SMILES string of the molecule is CC#C[CH-]C1CCC(C)CC1. The van der Waals surface area contributed by atoms with E-state index in [2.05, 4.69) is 25.2 Å². The summed E-state index contributed by atoms with van der Waals surface area (Å²) in [5, 5.41) is 0. The summed E-state index contributed by atoms with van der Waals surface area (Å²) < 4.78 is 0. The van der Waals surface area contributed by atoms with Crippen molar-refractivity contribution in [2.24, 2.45) is 11.8 Å². The van der Waals surface area contributed by atoms with Gasteiger partial charge in [0.2, 0.25) is 0 Å². The second kappa shape index (κ2) is 4.34. The average Bonchev–Trinajstić information content (AvgIpc) is 2.04. The Bertz CT molecular complexity index is 151. The van der Waals surface area contributed by atoms with E-state index in [9.17, 15) is 0 Å². The van der Waals surface area contributed by atoms with Gasteiger partial charge in [-0.3, -0.25) is 5.92 Å². The second-order valence-electron chi connectivity index (χ2n) is 3.58. The Balaban J connectivity index is 2.20. The molecule has 0 aromatic carbocycles. The molecule has 0 aromatic rings. The molecule has 0 heterocycles. The molecule has 0 spiro atoms. The van der Waals surface area contributed by atoms with Crippen LogP contribution in [-0.2, 0) is 0 Å². The molecule has 0 amide bonds. The maximum Gasteiger partial charge on any atom is -0.0443 e. The van der Waals surface area contributed by atoms with E-state index in [-0.39, 0.29) is 0 Å². The highest BCUT2D eigenvalue weighted by Crippen LogP contribution is 2.29. The Morgan fingerprint density at radius 2 is 1.82 bits per heavy atom. The molecule has 1 fully saturated rings. The highest BCUT2D eigenvalue weighted by Gasteiger charge is 2.13. The van der Waals surface area contributed by atoms with Crippen LogP contribution in [0, 0.1) is 30.1 Å². The van der Waals surface area contributed by atoms with Crippen molar-refractivity contribution >= 4 is 0 Å². The lowest BCUT2D eigenvalue weighted by Crippen LogP contribution is -2.11. The predicted molar refractivity (Wildman–Crippen MR) is 48.9 cm³/mol. The molecule has 0 bridgehead atoms. The molecular weight excluding hydrogens is 132 g/mol. The summed E-state index contributed by atoms with van der Waals surface area (Å²) >= 11 is 0. The fourth-order valence-electron chi connectivity index (χ4n) is 1.65. The Labute approximate surface area is 70.4 Å². The summed E-state index contributed by atoms with van der Waals surface area (Å²) in [5.41, 5.74) is 0. The lowest BCUT2D eigenvalue weighted by Gasteiger charge is -2.27. The highest BCUT2D eigenvalue weighted by molar-refractivity contribution is 5.10. The Morgan fingerprint density at radius 3 is 2.36 bits per heavy atom. The van der Waals surface area contributed by atoms with Gasteiger partial charge in [0.15, 0.2) is 0 Å². The van der Waals surface area contributed by atoms with Crippen molar-refractivity contribution in [1.29, 1.82) is 0 Å². The molecule has 1 aliphatic carbocycles. The molecule has 0 atom stereocenters. The molecule has 0 unspecified atom stereocenters. The van der Waals surface area contributed by atoms with Crippen molar-refractivity contribution in [3.05, 3.63) is 6.42 Å². The van der Waals surface area contributed by atoms with E-state index in [1.807, 2.05) is 6.92 Å². The first kappa shape index (κ1) is 8.53. The lowest BCUT2D eigenvalue weighted by molar-refractivity contribution is 0.322. The largest absolute Gasteiger partial charge is 0.331 e. The predicted octanol–water partition coefficient (Wildman–Crippen LogP) is 3.04. The van der Waals surface area contributed by atoms with Crippen molar-refractivity contribution in [2.75, 3.05) is 0 Å². The summed E-state index contributed by atoms with van der Waals surface area (Å²) in [6, 6.07) is 0. The molecule has 0 heteroatoms. The molecule has 0 aromatic heterocycles. The molecule has 62 valence electrons. The van der Waals surface area contributed by atoms with Gasteiger partial charge in [-0.15, -0.1) is 0 Å². The minimum atomic E-state index is 0.790. The van der Waals surface area contributed by atoms with Crippen LogP contribution in [0.15, 0.2) is 0 Å². The van der Waals surface area contributed by atoms with Gasteiger partial charge in [0.05, 0.1) is 0 Å². The zero-order valence-electron chi connectivity index (χ0n) is 7.56. The van der Waals surface area contributed by atoms with Crippen molar-refractivity contribution < 1.29 is 0 Å². The molecule has 0 N–H and O–H groups in total. The standard InChI is InChI=1S/C11H17/c1-3-4-5-11-8-6-10(2)7-9-11/h5,10-11H,6-9H2,1-2H3/q-1. The fourth-order valence-corrected chi connectivity index (χ4v) is 1.65. The van der Waals surface area contributed by atoms with Gasteiger partial charge in [-0.1, -0.05) is 45.4 Å². The summed E-state index contributed by atoms with van der Waals surface area (Å²) in [6.45, 7) is 4.25. The van der Waals surface area contributed by atoms with Crippen LogP contribution in [0.4, 0.5) is 0 Å². The fraction of sp³-hybridized carbons (Fsp3) is 0.727. The third-order valence-corrected chi connectivity index (χ3v) is 2.52. The van der Waals surface area contributed by atoms with Crippen molar-refractivity contribution in [2.45, 2.75) is 39.5 Å². The van der Waals surface area contributed by atoms with Crippen LogP contribution in [0.1, 0.15) is 39.5 Å². The normalized spacial score (nSPS) is 30.4. The van der Waals surface area contributed by atoms with E-state index in [1.54, 1.807) is 0 Å². The maximum atomic E-state index is 3.06. The van der Waals surface area contributed by atoms with Gasteiger partial charge in [-0.25, -0.2) is 0 Å². The van der Waals surface area contributed by atoms with Crippen LogP contribution in [0.2, 0.25) is 0 Å². The van der Waals surface area contributed by atoms with Gasteiger partial charge >= 0.3 is 0 Å². The quantitative estimate of drug-likeness (QED) is 0.397. The monoisotopic (exact) mass is 149 g/mol. The van der Waals surface area contributed by atoms with Crippen LogP contribution in [0.5, 0.6) is 0 Å². The summed E-state index contributed by atoms with van der Waals surface area (Å²) in [6.07, 6.45) is 7.69. The first-order valence-corrected chi connectivity index (χ1v) is 4.58. The molecule has 0 nitrogen and oxygen atoms in total. The highest BCUT2D eigenvalue weighted by atomic mass is 14.2. The molecule has 0 saturated heterocycles. The minimum Gasteiger partial charge on any atom is -0.331 e. The van der Waals surface area contributed by atoms with Crippen LogP contribution in [0.25, 0.3) is 0 Å². The molecule has 1 rings (SSSR count). The third-order valence-electron chi connectivity index (χ3n) is 2.52. The van der Waals surface area contributed by atoms with Gasteiger partial charge in [-0.05, 0) is 5.92 Å². The molecule has 0 aliphatic heterocycles. The zero-order valence-corrected chi connectivity index (χ0v) is 7.56. The van der Waals surface area contributed by atoms with E-state index < -0.39 is 0 Å². The Kier molecular flexibility index (Phi) is 3.36. The number of hydrogen-bond donors (Lipinski definition) is 0. The van der Waals surface area contributed by atoms with Crippen LogP contribution in [0.3, 0.4) is 0 Å². The maximum absolute atomic E-state index is 3.06. The zero-order chi connectivity index (χ0) is 8.10. The number of rotatable bonds is 1. The molecule has 1 aliphatic rings. The first-order valence-electron chi connectivity index (χ1n) is 4.58. The lowest BCUT2D eigenvalue weighted by atomic mass is 9.82. The second-order valence-corrected chi connectivity index (χ2v) is 3.58. The van der Waals surface area contributed by atoms with E-state index in [4.69, 9.17) is 0 Å². The van der Waals surface area contributed by atoms with Gasteiger partial charge in [0.25, 0.3) is 0 Å². The van der Waals surface area contributed by atoms with E-state index in [1.165, 1.54) is 25.7 Å². The van der Waals surface area contributed by atoms with E-state index in [0.717, 1.165) is 11.8 Å². The van der Waals surface area contributed by atoms with Crippen LogP contribution >= 0.6 is 0 Å². The Hall–Kier alpha value is -0.570. The third kappa shape index (κ3) is 2.89. The average molecular weight is 149 g/mol. The van der Waals surface area contributed by atoms with Gasteiger partial charge < -0.3 is 5.92 Å². The molecule has 1 saturated carbocycles. The van der Waals surface area contributed by atoms with Crippen molar-refractivity contribution in [1.82, 2.24) is 0 Å². The van der Waals surface area contributed by atoms with Crippen molar-refractivity contribution in [3.63, 3.8) is 0 Å². The Morgan fingerprint density at radius 1 is 1.18 bits per heavy atom. The molecule has 0 radical (unpaired) electrons. The first-order chi connectivity index (χ1) is 5.33. The molecular formula is C11H17-. The summed E-state index contributed by atoms with van der Waals surface area (Å²) in [7, 11) is 0. The minimum absolute atomic E-state index is 0.790. The van der Waals surface area contributed by atoms with Gasteiger partial charge in [0, 0.05) is 0 Å². The molecule has 11 heavy (non-hydrogen) atoms. The smallest absolute Gasteiger partial charge is 0.0443 e. The van der Waals surface area contributed by atoms with Crippen LogP contribution in [-0.4, -0.2) is 0 Å². The summed E-state index contributed by atoms with van der Waals surface area (Å²) in [4.78, 5) is 0. The van der Waals surface area contributed by atoms with Gasteiger partial charge in [-0.2, -0.15) is 6.42 Å². The van der Waals surface area contributed by atoms with E-state index >= 15 is 0 Å². The summed E-state index contributed by atoms with van der Waals surface area (Å²) in [5.74, 6) is 7.72. The van der Waals surface area contributed by atoms with Gasteiger partial charge in [0.1, 0.15) is 0 Å². The van der Waals surface area contributed by atoms with E-state index in [0.29, 0.717) is 0 Å². The van der Waals surface area contributed by atoms with Crippen LogP contribution < -0.4 is 0 Å². The topological polar surface area (TPSA) is 0 Å². The van der Waals surface area contributed by atoms with Crippen molar-refractivity contribution in [3.8, 4) is 11.8 Å². The number of hydrogen-bond acceptors (Lipinski definition) is 0.